The summed E-state index contributed by atoms with van der Waals surface area (Å²) in [7, 11) is 0. The van der Waals surface area contributed by atoms with E-state index in [-0.39, 0.29) is 0 Å². The molecular weight excluding hydrogens is 278 g/mol. The zero-order chi connectivity index (χ0) is 17.0. The summed E-state index contributed by atoms with van der Waals surface area (Å²) in [5.41, 5.74) is 5.94. The van der Waals surface area contributed by atoms with Crippen molar-refractivity contribution in [2.75, 3.05) is 0 Å². The maximum atomic E-state index is 5.94. The third-order valence-electron chi connectivity index (χ3n) is 5.20. The summed E-state index contributed by atoms with van der Waals surface area (Å²) in [5, 5.41) is 0. The third kappa shape index (κ3) is 19.9. The van der Waals surface area contributed by atoms with Crippen molar-refractivity contribution in [2.45, 2.75) is 142 Å². The first-order valence-electron chi connectivity index (χ1n) is 11.1. The van der Waals surface area contributed by atoms with Crippen molar-refractivity contribution in [3.63, 3.8) is 0 Å². The van der Waals surface area contributed by atoms with Crippen LogP contribution in [0.15, 0.2) is 0 Å². The van der Waals surface area contributed by atoms with Crippen molar-refractivity contribution in [2.24, 2.45) is 5.73 Å². The van der Waals surface area contributed by atoms with E-state index in [9.17, 15) is 0 Å². The molecule has 1 atom stereocenters. The predicted molar refractivity (Wildman–Crippen MR) is 107 cm³/mol. The van der Waals surface area contributed by atoms with Gasteiger partial charge in [-0.1, -0.05) is 123 Å². The summed E-state index contributed by atoms with van der Waals surface area (Å²) >= 11 is 0. The highest BCUT2D eigenvalue weighted by molar-refractivity contribution is 4.58. The Morgan fingerprint density at radius 1 is 0.478 bits per heavy atom. The summed E-state index contributed by atoms with van der Waals surface area (Å²) in [6.45, 7) is 4.49. The molecule has 0 aromatic rings. The van der Waals surface area contributed by atoms with Crippen molar-refractivity contribution in [3.8, 4) is 0 Å². The van der Waals surface area contributed by atoms with Crippen LogP contribution in [0, 0.1) is 0 Å². The second-order valence-corrected chi connectivity index (χ2v) is 7.61. The Balaban J connectivity index is 2.97. The van der Waals surface area contributed by atoms with Crippen LogP contribution in [0.4, 0.5) is 0 Å². The Hall–Kier alpha value is -0.0400. The maximum absolute atomic E-state index is 5.94. The minimum absolute atomic E-state index is 0.450. The second kappa shape index (κ2) is 20.0. The van der Waals surface area contributed by atoms with E-state index < -0.39 is 0 Å². The molecule has 0 spiro atoms. The van der Waals surface area contributed by atoms with Crippen LogP contribution >= 0.6 is 0 Å². The molecule has 2 N–H and O–H groups in total. The van der Waals surface area contributed by atoms with Gasteiger partial charge in [0, 0.05) is 6.04 Å². The third-order valence-corrected chi connectivity index (χ3v) is 5.20. The minimum atomic E-state index is 0.450. The smallest absolute Gasteiger partial charge is 0.00362 e. The molecule has 0 aromatic carbocycles. The first kappa shape index (κ1) is 23.0. The van der Waals surface area contributed by atoms with Crippen LogP contribution in [-0.2, 0) is 0 Å². The van der Waals surface area contributed by atoms with Crippen LogP contribution in [0.2, 0.25) is 0 Å². The lowest BCUT2D eigenvalue weighted by Gasteiger charge is -2.07. The second-order valence-electron chi connectivity index (χ2n) is 7.61. The molecule has 23 heavy (non-hydrogen) atoms. The standard InChI is InChI=1S/C22H47N/c1-3-5-6-7-8-9-10-11-12-13-14-15-16-17-18-19-20-21-22(23)4-2/h22H,3-21,23H2,1-2H3. The highest BCUT2D eigenvalue weighted by Gasteiger charge is 1.98. The average molecular weight is 326 g/mol. The molecule has 1 heteroatoms. The predicted octanol–water partition coefficient (Wildman–Crippen LogP) is 7.77. The molecule has 0 rings (SSSR count). The van der Waals surface area contributed by atoms with E-state index >= 15 is 0 Å². The Bertz CT molecular complexity index is 202. The normalized spacial score (nSPS) is 12.7. The molecule has 0 amide bonds. The molecule has 0 radical (unpaired) electrons. The highest BCUT2D eigenvalue weighted by Crippen LogP contribution is 2.14. The summed E-state index contributed by atoms with van der Waals surface area (Å²) in [4.78, 5) is 0. The molecule has 0 saturated carbocycles. The summed E-state index contributed by atoms with van der Waals surface area (Å²) < 4.78 is 0. The van der Waals surface area contributed by atoms with E-state index in [4.69, 9.17) is 5.73 Å². The van der Waals surface area contributed by atoms with Gasteiger partial charge in [0.2, 0.25) is 0 Å². The van der Waals surface area contributed by atoms with Crippen molar-refractivity contribution in [3.05, 3.63) is 0 Å². The van der Waals surface area contributed by atoms with Crippen LogP contribution in [-0.4, -0.2) is 6.04 Å². The Morgan fingerprint density at radius 2 is 0.783 bits per heavy atom. The molecule has 0 bridgehead atoms. The van der Waals surface area contributed by atoms with Crippen LogP contribution in [0.25, 0.3) is 0 Å². The van der Waals surface area contributed by atoms with Gasteiger partial charge in [-0.15, -0.1) is 0 Å². The molecule has 1 unspecified atom stereocenters. The quantitative estimate of drug-likeness (QED) is 0.241. The summed E-state index contributed by atoms with van der Waals surface area (Å²) in [6.07, 6.45) is 27.0. The van der Waals surface area contributed by atoms with Gasteiger partial charge >= 0.3 is 0 Å². The van der Waals surface area contributed by atoms with Crippen LogP contribution < -0.4 is 5.73 Å². The first-order valence-corrected chi connectivity index (χ1v) is 11.1. The van der Waals surface area contributed by atoms with Crippen molar-refractivity contribution < 1.29 is 0 Å². The van der Waals surface area contributed by atoms with Crippen LogP contribution in [0.3, 0.4) is 0 Å². The lowest BCUT2D eigenvalue weighted by Crippen LogP contribution is -2.17. The SMILES string of the molecule is CCCCCCCCCCCCCCCCCCCC(N)CC. The van der Waals surface area contributed by atoms with Gasteiger partial charge in [0.25, 0.3) is 0 Å². The molecule has 0 fully saturated rings. The topological polar surface area (TPSA) is 26.0 Å². The van der Waals surface area contributed by atoms with Gasteiger partial charge in [0.05, 0.1) is 0 Å². The van der Waals surface area contributed by atoms with E-state index in [2.05, 4.69) is 13.8 Å². The minimum Gasteiger partial charge on any atom is -0.328 e. The number of hydrogen-bond donors (Lipinski definition) is 1. The summed E-state index contributed by atoms with van der Waals surface area (Å²) in [5.74, 6) is 0. The van der Waals surface area contributed by atoms with E-state index in [0.717, 1.165) is 6.42 Å². The lowest BCUT2D eigenvalue weighted by atomic mass is 10.0. The van der Waals surface area contributed by atoms with Crippen molar-refractivity contribution in [1.82, 2.24) is 0 Å². The molecule has 0 saturated heterocycles. The monoisotopic (exact) mass is 325 g/mol. The van der Waals surface area contributed by atoms with Crippen LogP contribution in [0.5, 0.6) is 0 Å². The first-order chi connectivity index (χ1) is 11.3. The average Bonchev–Trinajstić information content (AvgIpc) is 2.57. The largest absolute Gasteiger partial charge is 0.328 e. The van der Waals surface area contributed by atoms with Crippen LogP contribution in [0.1, 0.15) is 136 Å². The molecule has 0 aromatic heterocycles. The Kier molecular flexibility index (Phi) is 20.0. The van der Waals surface area contributed by atoms with Gasteiger partial charge in [-0.2, -0.15) is 0 Å². The Labute approximate surface area is 148 Å². The van der Waals surface area contributed by atoms with Crippen molar-refractivity contribution in [1.29, 1.82) is 0 Å². The zero-order valence-electron chi connectivity index (χ0n) is 16.6. The zero-order valence-corrected chi connectivity index (χ0v) is 16.6. The fourth-order valence-corrected chi connectivity index (χ4v) is 3.34. The van der Waals surface area contributed by atoms with Gasteiger partial charge in [0.1, 0.15) is 0 Å². The number of hydrogen-bond acceptors (Lipinski definition) is 1. The molecule has 1 nitrogen and oxygen atoms in total. The number of nitrogens with two attached hydrogens (primary N) is 1. The highest BCUT2D eigenvalue weighted by atomic mass is 14.6. The lowest BCUT2D eigenvalue weighted by molar-refractivity contribution is 0.509. The van der Waals surface area contributed by atoms with Gasteiger partial charge in [-0.05, 0) is 12.8 Å². The van der Waals surface area contributed by atoms with Gasteiger partial charge < -0.3 is 5.73 Å². The van der Waals surface area contributed by atoms with E-state index in [1.54, 1.807) is 0 Å². The Morgan fingerprint density at radius 3 is 1.09 bits per heavy atom. The van der Waals surface area contributed by atoms with Crippen molar-refractivity contribution >= 4 is 0 Å². The van der Waals surface area contributed by atoms with Gasteiger partial charge in [0.15, 0.2) is 0 Å². The number of unbranched alkanes of at least 4 members (excludes halogenated alkanes) is 16. The summed E-state index contributed by atoms with van der Waals surface area (Å²) in [6, 6.07) is 0.450. The molecule has 0 aliphatic carbocycles. The van der Waals surface area contributed by atoms with Gasteiger partial charge in [-0.25, -0.2) is 0 Å². The number of rotatable bonds is 19. The van der Waals surface area contributed by atoms with E-state index in [1.165, 1.54) is 116 Å². The molecule has 0 heterocycles. The van der Waals surface area contributed by atoms with E-state index in [0.29, 0.717) is 6.04 Å². The molecule has 0 aliphatic rings. The van der Waals surface area contributed by atoms with E-state index in [1.807, 2.05) is 0 Å². The molecule has 140 valence electrons. The fourth-order valence-electron chi connectivity index (χ4n) is 3.34. The molecule has 0 aliphatic heterocycles. The van der Waals surface area contributed by atoms with Gasteiger partial charge in [-0.3, -0.25) is 0 Å². The fraction of sp³-hybridized carbons (Fsp3) is 1.00. The maximum Gasteiger partial charge on any atom is 0.00362 e. The molecular formula is C22H47N.